The van der Waals surface area contributed by atoms with E-state index in [0.29, 0.717) is 24.7 Å². The van der Waals surface area contributed by atoms with Crippen LogP contribution < -0.4 is 5.32 Å². The molecule has 0 radical (unpaired) electrons. The molecule has 0 bridgehead atoms. The van der Waals surface area contributed by atoms with Gasteiger partial charge in [-0.1, -0.05) is 30.7 Å². The van der Waals surface area contributed by atoms with Gasteiger partial charge in [-0.2, -0.15) is 0 Å². The Bertz CT molecular complexity index is 726. The molecule has 1 aliphatic rings. The maximum Gasteiger partial charge on any atom is 0.273 e. The van der Waals surface area contributed by atoms with Crippen LogP contribution in [-0.2, 0) is 13.1 Å². The van der Waals surface area contributed by atoms with Crippen LogP contribution in [0.5, 0.6) is 0 Å². The van der Waals surface area contributed by atoms with Crippen LogP contribution in [0, 0.1) is 0 Å². The summed E-state index contributed by atoms with van der Waals surface area (Å²) in [6.45, 7) is 8.06. The number of amides is 1. The summed E-state index contributed by atoms with van der Waals surface area (Å²) in [4.78, 5) is 20.9. The average Bonchev–Trinajstić information content (AvgIpc) is 3.10. The average molecular weight is 377 g/mol. The predicted molar refractivity (Wildman–Crippen MR) is 101 cm³/mol. The number of aromatic nitrogens is 1. The van der Waals surface area contributed by atoms with Crippen LogP contribution in [0.4, 0.5) is 0 Å². The van der Waals surface area contributed by atoms with Crippen molar-refractivity contribution in [2.24, 2.45) is 0 Å². The molecule has 0 spiro atoms. The van der Waals surface area contributed by atoms with Crippen molar-refractivity contribution in [2.75, 3.05) is 32.7 Å². The minimum atomic E-state index is -0.173. The molecule has 1 fully saturated rings. The van der Waals surface area contributed by atoms with E-state index in [1.165, 1.54) is 11.8 Å². The van der Waals surface area contributed by atoms with Gasteiger partial charge in [0.15, 0.2) is 5.69 Å². The topological polar surface area (TPSA) is 61.6 Å². The highest BCUT2D eigenvalue weighted by molar-refractivity contribution is 6.30. The lowest BCUT2D eigenvalue weighted by molar-refractivity contribution is 0.0948. The van der Waals surface area contributed by atoms with Crippen molar-refractivity contribution < 1.29 is 9.21 Å². The standard InChI is InChI=1S/C19H25ClN4O2/c1-2-6-21-19(25)17-14-26-18(22-17)13-24-9-7-23(8-10-24)12-15-4-3-5-16(20)11-15/h3-5,11,14H,2,6-10,12-13H2,1H3,(H,21,25). The summed E-state index contributed by atoms with van der Waals surface area (Å²) in [7, 11) is 0. The summed E-state index contributed by atoms with van der Waals surface area (Å²) in [6.07, 6.45) is 2.34. The van der Waals surface area contributed by atoms with E-state index < -0.39 is 0 Å². The van der Waals surface area contributed by atoms with Gasteiger partial charge in [0.1, 0.15) is 6.26 Å². The lowest BCUT2D eigenvalue weighted by atomic mass is 10.2. The van der Waals surface area contributed by atoms with E-state index in [9.17, 15) is 4.79 Å². The van der Waals surface area contributed by atoms with Gasteiger partial charge in [-0.3, -0.25) is 14.6 Å². The highest BCUT2D eigenvalue weighted by Gasteiger charge is 2.20. The van der Waals surface area contributed by atoms with Gasteiger partial charge in [-0.05, 0) is 24.1 Å². The van der Waals surface area contributed by atoms with Gasteiger partial charge < -0.3 is 9.73 Å². The lowest BCUT2D eigenvalue weighted by Gasteiger charge is -2.34. The van der Waals surface area contributed by atoms with Crippen LogP contribution >= 0.6 is 11.6 Å². The molecule has 1 saturated heterocycles. The van der Waals surface area contributed by atoms with Gasteiger partial charge in [0.2, 0.25) is 5.89 Å². The van der Waals surface area contributed by atoms with Gasteiger partial charge in [0, 0.05) is 44.3 Å². The van der Waals surface area contributed by atoms with E-state index in [0.717, 1.165) is 44.2 Å². The Labute approximate surface area is 159 Å². The van der Waals surface area contributed by atoms with Crippen molar-refractivity contribution in [1.82, 2.24) is 20.1 Å². The quantitative estimate of drug-likeness (QED) is 0.805. The summed E-state index contributed by atoms with van der Waals surface area (Å²) in [5, 5.41) is 3.59. The van der Waals surface area contributed by atoms with Crippen LogP contribution in [0.2, 0.25) is 5.02 Å². The molecule has 1 aromatic carbocycles. The summed E-state index contributed by atoms with van der Waals surface area (Å²) < 4.78 is 5.46. The first-order valence-corrected chi connectivity index (χ1v) is 9.43. The van der Waals surface area contributed by atoms with Crippen molar-refractivity contribution in [3.8, 4) is 0 Å². The summed E-state index contributed by atoms with van der Waals surface area (Å²) in [5.41, 5.74) is 1.59. The molecule has 2 heterocycles. The Morgan fingerprint density at radius 2 is 1.96 bits per heavy atom. The Hall–Kier alpha value is -1.89. The molecule has 1 amide bonds. The van der Waals surface area contributed by atoms with Crippen LogP contribution in [-0.4, -0.2) is 53.4 Å². The summed E-state index contributed by atoms with van der Waals surface area (Å²) in [5.74, 6) is 0.420. The zero-order valence-corrected chi connectivity index (χ0v) is 15.8. The van der Waals surface area contributed by atoms with Gasteiger partial charge in [0.05, 0.1) is 6.54 Å². The second kappa shape index (κ2) is 9.16. The first-order chi connectivity index (χ1) is 12.6. The molecule has 0 saturated carbocycles. The van der Waals surface area contributed by atoms with E-state index in [4.69, 9.17) is 16.0 Å². The van der Waals surface area contributed by atoms with E-state index in [2.05, 4.69) is 26.2 Å². The van der Waals surface area contributed by atoms with E-state index in [1.807, 2.05) is 25.1 Å². The smallest absolute Gasteiger partial charge is 0.273 e. The number of nitrogens with zero attached hydrogens (tertiary/aromatic N) is 3. The molecule has 0 aliphatic carbocycles. The predicted octanol–water partition coefficient (Wildman–Crippen LogP) is 2.79. The second-order valence-electron chi connectivity index (χ2n) is 6.56. The Morgan fingerprint density at radius 1 is 1.23 bits per heavy atom. The van der Waals surface area contributed by atoms with Crippen molar-refractivity contribution in [2.45, 2.75) is 26.4 Å². The number of halogens is 1. The lowest BCUT2D eigenvalue weighted by Crippen LogP contribution is -2.45. The highest BCUT2D eigenvalue weighted by Crippen LogP contribution is 2.15. The maximum atomic E-state index is 11.9. The molecule has 26 heavy (non-hydrogen) atoms. The Morgan fingerprint density at radius 3 is 2.65 bits per heavy atom. The minimum absolute atomic E-state index is 0.173. The number of rotatable bonds is 7. The van der Waals surface area contributed by atoms with Crippen molar-refractivity contribution in [1.29, 1.82) is 0 Å². The number of benzene rings is 1. The van der Waals surface area contributed by atoms with Gasteiger partial charge in [-0.25, -0.2) is 4.98 Å². The number of hydrogen-bond acceptors (Lipinski definition) is 5. The normalized spacial score (nSPS) is 15.9. The van der Waals surface area contributed by atoms with Crippen molar-refractivity contribution in [3.63, 3.8) is 0 Å². The molecule has 7 heteroatoms. The van der Waals surface area contributed by atoms with Crippen LogP contribution in [0.15, 0.2) is 34.9 Å². The van der Waals surface area contributed by atoms with Gasteiger partial charge in [0.25, 0.3) is 5.91 Å². The monoisotopic (exact) mass is 376 g/mol. The van der Waals surface area contributed by atoms with Crippen molar-refractivity contribution in [3.05, 3.63) is 52.7 Å². The number of oxazole rings is 1. The third-order valence-electron chi connectivity index (χ3n) is 4.44. The number of carbonyl (C=O) groups excluding carboxylic acids is 1. The molecule has 0 atom stereocenters. The number of nitrogens with one attached hydrogen (secondary N) is 1. The summed E-state index contributed by atoms with van der Waals surface area (Å²) in [6, 6.07) is 8.02. The second-order valence-corrected chi connectivity index (χ2v) is 7.00. The van der Waals surface area contributed by atoms with E-state index >= 15 is 0 Å². The Kier molecular flexibility index (Phi) is 6.66. The van der Waals surface area contributed by atoms with E-state index in [1.54, 1.807) is 0 Å². The fraction of sp³-hybridized carbons (Fsp3) is 0.474. The van der Waals surface area contributed by atoms with Crippen LogP contribution in [0.3, 0.4) is 0 Å². The first kappa shape index (κ1) is 18.9. The molecule has 140 valence electrons. The number of carbonyl (C=O) groups is 1. The minimum Gasteiger partial charge on any atom is -0.447 e. The highest BCUT2D eigenvalue weighted by atomic mass is 35.5. The third kappa shape index (κ3) is 5.30. The fourth-order valence-electron chi connectivity index (χ4n) is 3.01. The molecule has 1 aliphatic heterocycles. The fourth-order valence-corrected chi connectivity index (χ4v) is 3.22. The Balaban J connectivity index is 1.45. The van der Waals surface area contributed by atoms with Gasteiger partial charge in [-0.15, -0.1) is 0 Å². The molecule has 1 aromatic heterocycles. The summed E-state index contributed by atoms with van der Waals surface area (Å²) >= 11 is 6.06. The number of piperazine rings is 1. The van der Waals surface area contributed by atoms with Gasteiger partial charge >= 0.3 is 0 Å². The zero-order chi connectivity index (χ0) is 18.4. The SMILES string of the molecule is CCCNC(=O)c1coc(CN2CCN(Cc3cccc(Cl)c3)CC2)n1. The molecule has 0 unspecified atom stereocenters. The maximum absolute atomic E-state index is 11.9. The largest absolute Gasteiger partial charge is 0.447 e. The molecule has 3 rings (SSSR count). The number of hydrogen-bond donors (Lipinski definition) is 1. The molecule has 1 N–H and O–H groups in total. The zero-order valence-electron chi connectivity index (χ0n) is 15.1. The van der Waals surface area contributed by atoms with Crippen molar-refractivity contribution >= 4 is 17.5 Å². The molecular weight excluding hydrogens is 352 g/mol. The first-order valence-electron chi connectivity index (χ1n) is 9.06. The van der Waals surface area contributed by atoms with Crippen LogP contribution in [0.1, 0.15) is 35.3 Å². The molecule has 6 nitrogen and oxygen atoms in total. The molecule has 2 aromatic rings. The molecular formula is C19H25ClN4O2. The van der Waals surface area contributed by atoms with E-state index in [-0.39, 0.29) is 5.91 Å². The van der Waals surface area contributed by atoms with Crippen LogP contribution in [0.25, 0.3) is 0 Å². The third-order valence-corrected chi connectivity index (χ3v) is 4.67.